The summed E-state index contributed by atoms with van der Waals surface area (Å²) in [6, 6.07) is 12.6. The molecule has 0 atom stereocenters. The summed E-state index contributed by atoms with van der Waals surface area (Å²) in [6.07, 6.45) is 0. The summed E-state index contributed by atoms with van der Waals surface area (Å²) in [5, 5.41) is 5.93. The second kappa shape index (κ2) is 6.92. The number of anilines is 4. The Bertz CT molecular complexity index is 886. The van der Waals surface area contributed by atoms with Crippen LogP contribution in [0, 0.1) is 18.6 Å². The van der Waals surface area contributed by atoms with Gasteiger partial charge in [-0.2, -0.15) is 4.98 Å². The van der Waals surface area contributed by atoms with Crippen LogP contribution in [-0.2, 0) is 0 Å². The summed E-state index contributed by atoms with van der Waals surface area (Å²) in [4.78, 5) is 8.61. The predicted octanol–water partition coefficient (Wildman–Crippen LogP) is 5.31. The van der Waals surface area contributed by atoms with Gasteiger partial charge < -0.3 is 10.6 Å². The van der Waals surface area contributed by atoms with Crippen LogP contribution in [0.5, 0.6) is 0 Å². The largest absolute Gasteiger partial charge is 0.338 e. The molecule has 0 bridgehead atoms. The SMILES string of the molecule is Cc1cc(Nc2ccc(F)cc2F)nc(Nc2cccc(Br)c2)n1. The molecule has 2 aromatic carbocycles. The zero-order chi connectivity index (χ0) is 17.1. The molecule has 24 heavy (non-hydrogen) atoms. The highest BCUT2D eigenvalue weighted by Crippen LogP contribution is 2.23. The van der Waals surface area contributed by atoms with Gasteiger partial charge in [0, 0.05) is 28.0 Å². The Morgan fingerprint density at radius 1 is 0.958 bits per heavy atom. The average Bonchev–Trinajstić information content (AvgIpc) is 2.49. The Morgan fingerprint density at radius 3 is 2.54 bits per heavy atom. The second-order valence-corrected chi connectivity index (χ2v) is 6.02. The molecule has 122 valence electrons. The molecule has 3 aromatic rings. The molecular weight excluding hydrogens is 378 g/mol. The van der Waals surface area contributed by atoms with E-state index >= 15 is 0 Å². The van der Waals surface area contributed by atoms with Gasteiger partial charge in [-0.15, -0.1) is 0 Å². The van der Waals surface area contributed by atoms with Gasteiger partial charge in [-0.1, -0.05) is 22.0 Å². The lowest BCUT2D eigenvalue weighted by atomic mass is 10.3. The molecule has 0 unspecified atom stereocenters. The van der Waals surface area contributed by atoms with Crippen LogP contribution < -0.4 is 10.6 Å². The van der Waals surface area contributed by atoms with E-state index in [9.17, 15) is 8.78 Å². The molecule has 1 heterocycles. The maximum Gasteiger partial charge on any atom is 0.229 e. The monoisotopic (exact) mass is 390 g/mol. The Morgan fingerprint density at radius 2 is 1.79 bits per heavy atom. The molecule has 0 fully saturated rings. The van der Waals surface area contributed by atoms with E-state index in [0.717, 1.165) is 16.2 Å². The van der Waals surface area contributed by atoms with Crippen molar-refractivity contribution in [1.29, 1.82) is 0 Å². The van der Waals surface area contributed by atoms with E-state index in [2.05, 4.69) is 36.5 Å². The highest BCUT2D eigenvalue weighted by Gasteiger charge is 2.07. The molecule has 3 rings (SSSR count). The third kappa shape index (κ3) is 4.05. The third-order valence-corrected chi connectivity index (χ3v) is 3.62. The quantitative estimate of drug-likeness (QED) is 0.633. The number of hydrogen-bond acceptors (Lipinski definition) is 4. The van der Waals surface area contributed by atoms with Gasteiger partial charge in [-0.25, -0.2) is 13.8 Å². The van der Waals surface area contributed by atoms with Crippen LogP contribution in [-0.4, -0.2) is 9.97 Å². The number of nitrogens with zero attached hydrogens (tertiary/aromatic N) is 2. The van der Waals surface area contributed by atoms with Crippen LogP contribution >= 0.6 is 15.9 Å². The van der Waals surface area contributed by atoms with E-state index in [0.29, 0.717) is 17.5 Å². The van der Waals surface area contributed by atoms with Gasteiger partial charge in [-0.05, 0) is 37.3 Å². The molecule has 0 aliphatic carbocycles. The first kappa shape index (κ1) is 16.3. The van der Waals surface area contributed by atoms with Gasteiger partial charge in [0.1, 0.15) is 17.5 Å². The molecule has 0 saturated carbocycles. The lowest BCUT2D eigenvalue weighted by Crippen LogP contribution is -2.03. The van der Waals surface area contributed by atoms with Crippen molar-refractivity contribution in [1.82, 2.24) is 9.97 Å². The minimum Gasteiger partial charge on any atom is -0.338 e. The van der Waals surface area contributed by atoms with Gasteiger partial charge in [0.05, 0.1) is 5.69 Å². The molecule has 0 aliphatic heterocycles. The van der Waals surface area contributed by atoms with E-state index in [1.54, 1.807) is 13.0 Å². The molecule has 0 spiro atoms. The number of hydrogen-bond donors (Lipinski definition) is 2. The standard InChI is InChI=1S/C17H13BrF2N4/c1-10-7-16(23-15-6-5-12(19)9-14(15)20)24-17(21-10)22-13-4-2-3-11(18)8-13/h2-9H,1H3,(H2,21,22,23,24). The van der Waals surface area contributed by atoms with Crippen LogP contribution in [0.2, 0.25) is 0 Å². The van der Waals surface area contributed by atoms with Crippen molar-refractivity contribution in [3.63, 3.8) is 0 Å². The number of aryl methyl sites for hydroxylation is 1. The van der Waals surface area contributed by atoms with Gasteiger partial charge in [0.15, 0.2) is 0 Å². The Hall–Kier alpha value is -2.54. The number of rotatable bonds is 4. The summed E-state index contributed by atoms with van der Waals surface area (Å²) in [5.74, 6) is -0.537. The summed E-state index contributed by atoms with van der Waals surface area (Å²) in [5.41, 5.74) is 1.66. The van der Waals surface area contributed by atoms with Crippen LogP contribution in [0.3, 0.4) is 0 Å². The van der Waals surface area contributed by atoms with E-state index < -0.39 is 11.6 Å². The van der Waals surface area contributed by atoms with Crippen LogP contribution in [0.1, 0.15) is 5.69 Å². The first-order chi connectivity index (χ1) is 11.5. The Kier molecular flexibility index (Phi) is 4.71. The molecule has 4 nitrogen and oxygen atoms in total. The molecule has 0 amide bonds. The van der Waals surface area contributed by atoms with Crippen molar-refractivity contribution >= 4 is 39.1 Å². The lowest BCUT2D eigenvalue weighted by Gasteiger charge is -2.11. The smallest absolute Gasteiger partial charge is 0.229 e. The van der Waals surface area contributed by atoms with Gasteiger partial charge in [-0.3, -0.25) is 0 Å². The van der Waals surface area contributed by atoms with Crippen molar-refractivity contribution in [3.8, 4) is 0 Å². The maximum atomic E-state index is 13.8. The molecule has 0 radical (unpaired) electrons. The molecular formula is C17H13BrF2N4. The van der Waals surface area contributed by atoms with Crippen molar-refractivity contribution in [2.24, 2.45) is 0 Å². The fourth-order valence-corrected chi connectivity index (χ4v) is 2.51. The molecule has 2 N–H and O–H groups in total. The minimum atomic E-state index is -0.687. The minimum absolute atomic E-state index is 0.142. The topological polar surface area (TPSA) is 49.8 Å². The molecule has 7 heteroatoms. The maximum absolute atomic E-state index is 13.8. The van der Waals surface area contributed by atoms with Crippen molar-refractivity contribution in [3.05, 3.63) is 70.3 Å². The molecule has 0 saturated heterocycles. The number of aromatic nitrogens is 2. The van der Waals surface area contributed by atoms with Crippen LogP contribution in [0.15, 0.2) is 53.0 Å². The fourth-order valence-electron chi connectivity index (χ4n) is 2.11. The Balaban J connectivity index is 1.86. The van der Waals surface area contributed by atoms with E-state index in [4.69, 9.17) is 0 Å². The van der Waals surface area contributed by atoms with E-state index in [1.807, 2.05) is 24.3 Å². The summed E-state index contributed by atoms with van der Waals surface area (Å²) >= 11 is 3.40. The van der Waals surface area contributed by atoms with Crippen LogP contribution in [0.4, 0.5) is 31.9 Å². The fraction of sp³-hybridized carbons (Fsp3) is 0.0588. The highest BCUT2D eigenvalue weighted by atomic mass is 79.9. The summed E-state index contributed by atoms with van der Waals surface area (Å²) in [7, 11) is 0. The van der Waals surface area contributed by atoms with Crippen molar-refractivity contribution < 1.29 is 8.78 Å². The first-order valence-corrected chi connectivity index (χ1v) is 7.89. The highest BCUT2D eigenvalue weighted by molar-refractivity contribution is 9.10. The van der Waals surface area contributed by atoms with Gasteiger partial charge in [0.25, 0.3) is 0 Å². The lowest BCUT2D eigenvalue weighted by molar-refractivity contribution is 0.586. The van der Waals surface area contributed by atoms with Crippen LogP contribution in [0.25, 0.3) is 0 Å². The van der Waals surface area contributed by atoms with Crippen molar-refractivity contribution in [2.75, 3.05) is 10.6 Å². The second-order valence-electron chi connectivity index (χ2n) is 5.10. The Labute approximate surface area is 146 Å². The first-order valence-electron chi connectivity index (χ1n) is 7.10. The van der Waals surface area contributed by atoms with E-state index in [-0.39, 0.29) is 5.69 Å². The normalized spacial score (nSPS) is 10.5. The number of benzene rings is 2. The molecule has 0 aliphatic rings. The van der Waals surface area contributed by atoms with Gasteiger partial charge in [0.2, 0.25) is 5.95 Å². The number of halogens is 3. The summed E-state index contributed by atoms with van der Waals surface area (Å²) in [6.45, 7) is 1.81. The van der Waals surface area contributed by atoms with E-state index in [1.165, 1.54) is 12.1 Å². The van der Waals surface area contributed by atoms with Crippen molar-refractivity contribution in [2.45, 2.75) is 6.92 Å². The molecule has 1 aromatic heterocycles. The third-order valence-electron chi connectivity index (χ3n) is 3.13. The average molecular weight is 391 g/mol. The number of nitrogens with one attached hydrogen (secondary N) is 2. The summed E-state index contributed by atoms with van der Waals surface area (Å²) < 4.78 is 27.7. The van der Waals surface area contributed by atoms with Gasteiger partial charge >= 0.3 is 0 Å². The zero-order valence-electron chi connectivity index (χ0n) is 12.6. The zero-order valence-corrected chi connectivity index (χ0v) is 14.2. The predicted molar refractivity (Wildman–Crippen MR) is 93.8 cm³/mol.